The highest BCUT2D eigenvalue weighted by Crippen LogP contribution is 2.20. The highest BCUT2D eigenvalue weighted by atomic mass is 32.2. The molecule has 140 valence electrons. The highest BCUT2D eigenvalue weighted by molar-refractivity contribution is 7.88. The molecule has 0 aliphatic rings. The quantitative estimate of drug-likeness (QED) is 0.788. The lowest BCUT2D eigenvalue weighted by Crippen LogP contribution is -2.33. The van der Waals surface area contributed by atoms with E-state index in [4.69, 9.17) is 4.42 Å². The molecule has 1 unspecified atom stereocenters. The van der Waals surface area contributed by atoms with Crippen LogP contribution in [0.3, 0.4) is 0 Å². The van der Waals surface area contributed by atoms with E-state index in [1.165, 1.54) is 20.2 Å². The van der Waals surface area contributed by atoms with Gasteiger partial charge in [0.25, 0.3) is 15.9 Å². The number of amides is 1. The first-order chi connectivity index (χ1) is 12.0. The number of carboxylic acids is 1. The van der Waals surface area contributed by atoms with E-state index >= 15 is 0 Å². The van der Waals surface area contributed by atoms with Crippen LogP contribution < -0.4 is 5.32 Å². The number of sulfonamides is 1. The molecule has 0 fully saturated rings. The van der Waals surface area contributed by atoms with E-state index in [9.17, 15) is 23.1 Å². The lowest BCUT2D eigenvalue weighted by atomic mass is 10.0. The molecule has 1 aromatic carbocycles. The average molecular weight is 380 g/mol. The van der Waals surface area contributed by atoms with Gasteiger partial charge in [-0.25, -0.2) is 17.5 Å². The van der Waals surface area contributed by atoms with Crippen LogP contribution in [0.15, 0.2) is 39.8 Å². The molecule has 0 aliphatic carbocycles. The van der Waals surface area contributed by atoms with Gasteiger partial charge < -0.3 is 14.8 Å². The molecule has 1 atom stereocenters. The van der Waals surface area contributed by atoms with Gasteiger partial charge in [0.05, 0.1) is 0 Å². The number of nitrogens with zero attached hydrogens (tertiary/aromatic N) is 1. The first kappa shape index (κ1) is 19.7. The summed E-state index contributed by atoms with van der Waals surface area (Å²) in [5, 5.41) is 11.4. The zero-order valence-electron chi connectivity index (χ0n) is 14.8. The molecule has 2 rings (SSSR count). The van der Waals surface area contributed by atoms with Gasteiger partial charge in [0.2, 0.25) is 5.09 Å². The van der Waals surface area contributed by atoms with Gasteiger partial charge in [0.1, 0.15) is 0 Å². The van der Waals surface area contributed by atoms with E-state index in [2.05, 4.69) is 5.32 Å². The van der Waals surface area contributed by atoms with Gasteiger partial charge in [-0.2, -0.15) is 0 Å². The third-order valence-corrected chi connectivity index (χ3v) is 5.62. The standard InChI is InChI=1S/C17H20N2O6S/c1-10-5-6-12(9-11(10)2)15(17(21)22)18-16(20)13-7-8-14(25-13)26(23,24)19(3)4/h5-9,15H,1-4H3,(H,18,20)(H,21,22). The zero-order valence-corrected chi connectivity index (χ0v) is 15.6. The lowest BCUT2D eigenvalue weighted by Gasteiger charge is -2.15. The average Bonchev–Trinajstić information content (AvgIpc) is 3.05. The third-order valence-electron chi connectivity index (χ3n) is 3.93. The summed E-state index contributed by atoms with van der Waals surface area (Å²) < 4.78 is 30.0. The third kappa shape index (κ3) is 3.94. The van der Waals surface area contributed by atoms with Gasteiger partial charge >= 0.3 is 5.97 Å². The maximum absolute atomic E-state index is 12.3. The SMILES string of the molecule is Cc1ccc(C(NC(=O)c2ccc(S(=O)(=O)N(C)C)o2)C(=O)O)cc1C. The van der Waals surface area contributed by atoms with Crippen LogP contribution in [0, 0.1) is 13.8 Å². The van der Waals surface area contributed by atoms with Gasteiger partial charge in [-0.15, -0.1) is 0 Å². The summed E-state index contributed by atoms with van der Waals surface area (Å²) in [7, 11) is -1.16. The van der Waals surface area contributed by atoms with Crippen molar-refractivity contribution in [2.45, 2.75) is 25.0 Å². The molecular formula is C17H20N2O6S. The second-order valence-electron chi connectivity index (χ2n) is 5.99. The van der Waals surface area contributed by atoms with Crippen molar-refractivity contribution in [1.82, 2.24) is 9.62 Å². The molecule has 1 heterocycles. The van der Waals surface area contributed by atoms with Crippen LogP contribution in [-0.4, -0.2) is 43.8 Å². The Bertz CT molecular complexity index is 946. The van der Waals surface area contributed by atoms with Crippen molar-refractivity contribution in [3.63, 3.8) is 0 Å². The van der Waals surface area contributed by atoms with Crippen LogP contribution in [-0.2, 0) is 14.8 Å². The van der Waals surface area contributed by atoms with E-state index in [0.29, 0.717) is 5.56 Å². The molecule has 0 saturated heterocycles. The number of carboxylic acid groups (broad SMARTS) is 1. The molecule has 2 aromatic rings. The summed E-state index contributed by atoms with van der Waals surface area (Å²) >= 11 is 0. The molecule has 8 nitrogen and oxygen atoms in total. The number of aryl methyl sites for hydroxylation is 2. The Morgan fingerprint density at radius 1 is 1.12 bits per heavy atom. The van der Waals surface area contributed by atoms with Crippen LogP contribution in [0.25, 0.3) is 0 Å². The number of hydrogen-bond donors (Lipinski definition) is 2. The number of nitrogens with one attached hydrogen (secondary N) is 1. The molecular weight excluding hydrogens is 360 g/mol. The molecule has 0 spiro atoms. The number of furan rings is 1. The molecule has 2 N–H and O–H groups in total. The molecule has 9 heteroatoms. The Balaban J connectivity index is 2.27. The summed E-state index contributed by atoms with van der Waals surface area (Å²) in [6.45, 7) is 3.73. The van der Waals surface area contributed by atoms with Crippen molar-refractivity contribution in [1.29, 1.82) is 0 Å². The van der Waals surface area contributed by atoms with Gasteiger partial charge in [-0.1, -0.05) is 18.2 Å². The van der Waals surface area contributed by atoms with Crippen molar-refractivity contribution in [3.05, 3.63) is 52.8 Å². The van der Waals surface area contributed by atoms with Crippen molar-refractivity contribution >= 4 is 21.9 Å². The molecule has 0 aliphatic heterocycles. The molecule has 0 saturated carbocycles. The Labute approximate surface area is 151 Å². The van der Waals surface area contributed by atoms with Crippen molar-refractivity contribution in [2.75, 3.05) is 14.1 Å². The van der Waals surface area contributed by atoms with Gasteiger partial charge in [-0.3, -0.25) is 4.79 Å². The van der Waals surface area contributed by atoms with E-state index in [0.717, 1.165) is 21.5 Å². The summed E-state index contributed by atoms with van der Waals surface area (Å²) in [4.78, 5) is 23.9. The van der Waals surface area contributed by atoms with Crippen LogP contribution in [0.2, 0.25) is 0 Å². The maximum atomic E-state index is 12.3. The van der Waals surface area contributed by atoms with Crippen LogP contribution in [0.4, 0.5) is 0 Å². The molecule has 0 bridgehead atoms. The van der Waals surface area contributed by atoms with Crippen molar-refractivity contribution in [2.24, 2.45) is 0 Å². The van der Waals surface area contributed by atoms with E-state index in [-0.39, 0.29) is 5.76 Å². The number of carbonyl (C=O) groups excluding carboxylic acids is 1. The fourth-order valence-corrected chi connectivity index (χ4v) is 2.99. The van der Waals surface area contributed by atoms with Crippen molar-refractivity contribution in [3.8, 4) is 0 Å². The predicted molar refractivity (Wildman–Crippen MR) is 93.3 cm³/mol. The van der Waals surface area contributed by atoms with Crippen LogP contribution in [0.5, 0.6) is 0 Å². The Hall–Kier alpha value is -2.65. The number of rotatable bonds is 6. The van der Waals surface area contributed by atoms with Gasteiger partial charge in [0, 0.05) is 14.1 Å². The number of aliphatic carboxylic acids is 1. The normalized spacial score (nSPS) is 12.8. The minimum absolute atomic E-state index is 0.291. The summed E-state index contributed by atoms with van der Waals surface area (Å²) in [5.41, 5.74) is 2.29. The monoisotopic (exact) mass is 380 g/mol. The van der Waals surface area contributed by atoms with Gasteiger partial charge in [-0.05, 0) is 42.7 Å². The summed E-state index contributed by atoms with van der Waals surface area (Å²) in [5.74, 6) is -2.36. The minimum atomic E-state index is -3.83. The van der Waals surface area contributed by atoms with E-state index in [1.54, 1.807) is 18.2 Å². The number of hydrogen-bond acceptors (Lipinski definition) is 5. The summed E-state index contributed by atoms with van der Waals surface area (Å²) in [6, 6.07) is 6.10. The fourth-order valence-electron chi connectivity index (χ4n) is 2.19. The predicted octanol–water partition coefficient (Wildman–Crippen LogP) is 1.70. The Morgan fingerprint density at radius 2 is 1.77 bits per heavy atom. The van der Waals surface area contributed by atoms with Crippen LogP contribution in [0.1, 0.15) is 33.3 Å². The first-order valence-electron chi connectivity index (χ1n) is 7.67. The Kier molecular flexibility index (Phi) is 5.53. The van der Waals surface area contributed by atoms with Gasteiger partial charge in [0.15, 0.2) is 11.8 Å². The topological polar surface area (TPSA) is 117 Å². The second-order valence-corrected chi connectivity index (χ2v) is 8.08. The smallest absolute Gasteiger partial charge is 0.330 e. The first-order valence-corrected chi connectivity index (χ1v) is 9.11. The number of benzene rings is 1. The van der Waals surface area contributed by atoms with Crippen molar-refractivity contribution < 1.29 is 27.5 Å². The summed E-state index contributed by atoms with van der Waals surface area (Å²) in [6.07, 6.45) is 0. The number of carbonyl (C=O) groups is 2. The fraction of sp³-hybridized carbons (Fsp3) is 0.294. The highest BCUT2D eigenvalue weighted by Gasteiger charge is 2.27. The lowest BCUT2D eigenvalue weighted by molar-refractivity contribution is -0.139. The zero-order chi connectivity index (χ0) is 19.6. The molecule has 1 amide bonds. The van der Waals surface area contributed by atoms with E-state index < -0.39 is 33.0 Å². The molecule has 0 radical (unpaired) electrons. The minimum Gasteiger partial charge on any atom is -0.479 e. The molecule has 1 aromatic heterocycles. The molecule has 26 heavy (non-hydrogen) atoms. The van der Waals surface area contributed by atoms with E-state index in [1.807, 2.05) is 13.8 Å². The second kappa shape index (κ2) is 7.30. The largest absolute Gasteiger partial charge is 0.479 e. The van der Waals surface area contributed by atoms with Crippen LogP contribution >= 0.6 is 0 Å². The Morgan fingerprint density at radius 3 is 2.31 bits per heavy atom. The maximum Gasteiger partial charge on any atom is 0.330 e.